The summed E-state index contributed by atoms with van der Waals surface area (Å²) in [5, 5.41) is 8.73. The Labute approximate surface area is 101 Å². The molecule has 0 unspecified atom stereocenters. The van der Waals surface area contributed by atoms with E-state index in [1.54, 1.807) is 6.07 Å². The van der Waals surface area contributed by atoms with Crippen LogP contribution in [0.5, 0.6) is 11.6 Å². The van der Waals surface area contributed by atoms with E-state index >= 15 is 0 Å². The molecule has 1 heterocycles. The van der Waals surface area contributed by atoms with Crippen LogP contribution in [0.25, 0.3) is 0 Å². The van der Waals surface area contributed by atoms with E-state index in [1.807, 2.05) is 0 Å². The Balaban J connectivity index is 2.32. The highest BCUT2D eigenvalue weighted by molar-refractivity contribution is 5.51. The van der Waals surface area contributed by atoms with Crippen LogP contribution in [0.3, 0.4) is 0 Å². The quantitative estimate of drug-likeness (QED) is 0.885. The maximum Gasteiger partial charge on any atom is 0.220 e. The van der Waals surface area contributed by atoms with Gasteiger partial charge in [-0.2, -0.15) is 5.26 Å². The number of hydrogen-bond acceptors (Lipinski definition) is 4. The van der Waals surface area contributed by atoms with E-state index in [1.165, 1.54) is 12.1 Å². The van der Waals surface area contributed by atoms with Gasteiger partial charge in [0.15, 0.2) is 17.3 Å². The van der Waals surface area contributed by atoms with Crippen LogP contribution in [0.1, 0.15) is 5.69 Å². The lowest BCUT2D eigenvalue weighted by Gasteiger charge is -2.06. The van der Waals surface area contributed by atoms with Crippen molar-refractivity contribution in [3.8, 4) is 17.7 Å². The molecule has 1 aromatic heterocycles. The topological polar surface area (TPSA) is 71.9 Å². The lowest BCUT2D eigenvalue weighted by atomic mass is 10.3. The van der Waals surface area contributed by atoms with E-state index in [4.69, 9.17) is 15.7 Å². The molecule has 6 heteroatoms. The van der Waals surface area contributed by atoms with Gasteiger partial charge in [-0.05, 0) is 18.2 Å². The SMILES string of the molecule is N#Cc1nc(Oc2ccc(F)cc2F)ccc1N. The number of aromatic nitrogens is 1. The summed E-state index contributed by atoms with van der Waals surface area (Å²) in [4.78, 5) is 3.78. The minimum atomic E-state index is -0.855. The highest BCUT2D eigenvalue weighted by Gasteiger charge is 2.08. The Bertz CT molecular complexity index is 638. The van der Waals surface area contributed by atoms with Gasteiger partial charge in [0.1, 0.15) is 11.9 Å². The summed E-state index contributed by atoms with van der Waals surface area (Å²) >= 11 is 0. The van der Waals surface area contributed by atoms with Crippen molar-refractivity contribution in [2.24, 2.45) is 0 Å². The number of nitrogens with zero attached hydrogens (tertiary/aromatic N) is 2. The minimum absolute atomic E-state index is 0.00579. The van der Waals surface area contributed by atoms with Crippen LogP contribution >= 0.6 is 0 Å². The van der Waals surface area contributed by atoms with Crippen LogP contribution in [0, 0.1) is 23.0 Å². The molecule has 90 valence electrons. The Morgan fingerprint density at radius 1 is 1.22 bits per heavy atom. The molecule has 0 spiro atoms. The van der Waals surface area contributed by atoms with Crippen molar-refractivity contribution in [2.45, 2.75) is 0 Å². The van der Waals surface area contributed by atoms with Crippen LogP contribution in [0.15, 0.2) is 30.3 Å². The van der Waals surface area contributed by atoms with Crippen LogP contribution < -0.4 is 10.5 Å². The average molecular weight is 247 g/mol. The fourth-order valence-corrected chi connectivity index (χ4v) is 1.27. The Morgan fingerprint density at radius 3 is 2.67 bits per heavy atom. The smallest absolute Gasteiger partial charge is 0.220 e. The van der Waals surface area contributed by atoms with Crippen LogP contribution in [-0.4, -0.2) is 4.98 Å². The zero-order chi connectivity index (χ0) is 13.1. The molecule has 0 radical (unpaired) electrons. The first-order chi connectivity index (χ1) is 8.60. The van der Waals surface area contributed by atoms with Crippen LogP contribution in [0.4, 0.5) is 14.5 Å². The molecule has 1 aromatic carbocycles. The molecule has 0 atom stereocenters. The van der Waals surface area contributed by atoms with E-state index in [-0.39, 0.29) is 23.0 Å². The van der Waals surface area contributed by atoms with Gasteiger partial charge < -0.3 is 10.5 Å². The zero-order valence-electron chi connectivity index (χ0n) is 9.02. The Hall–Kier alpha value is -2.68. The third-order valence-corrected chi connectivity index (χ3v) is 2.12. The number of nitrogen functional groups attached to an aromatic ring is 1. The molecule has 2 rings (SSSR count). The molecule has 0 fully saturated rings. The molecule has 0 amide bonds. The molecule has 0 bridgehead atoms. The van der Waals surface area contributed by atoms with E-state index in [2.05, 4.69) is 4.98 Å². The van der Waals surface area contributed by atoms with Crippen molar-refractivity contribution in [3.05, 3.63) is 47.7 Å². The standard InChI is InChI=1S/C12H7F2N3O/c13-7-1-3-11(8(14)5-7)18-12-4-2-9(16)10(6-15)17-12/h1-5H,16H2. The number of nitrogens with two attached hydrogens (primary N) is 1. The highest BCUT2D eigenvalue weighted by Crippen LogP contribution is 2.24. The van der Waals surface area contributed by atoms with Crippen molar-refractivity contribution in [1.29, 1.82) is 5.26 Å². The van der Waals surface area contributed by atoms with Gasteiger partial charge in [-0.25, -0.2) is 13.8 Å². The van der Waals surface area contributed by atoms with Gasteiger partial charge in [0.25, 0.3) is 0 Å². The Kier molecular flexibility index (Phi) is 3.06. The molecule has 2 aromatic rings. The van der Waals surface area contributed by atoms with E-state index in [0.717, 1.165) is 12.1 Å². The molecule has 0 saturated heterocycles. The number of pyridine rings is 1. The van der Waals surface area contributed by atoms with Gasteiger partial charge in [0.2, 0.25) is 5.88 Å². The number of anilines is 1. The first-order valence-corrected chi connectivity index (χ1v) is 4.89. The maximum atomic E-state index is 13.3. The van der Waals surface area contributed by atoms with Gasteiger partial charge in [0.05, 0.1) is 5.69 Å². The second kappa shape index (κ2) is 4.67. The van der Waals surface area contributed by atoms with E-state index < -0.39 is 11.6 Å². The van der Waals surface area contributed by atoms with Crippen molar-refractivity contribution in [3.63, 3.8) is 0 Å². The molecule has 4 nitrogen and oxygen atoms in total. The fraction of sp³-hybridized carbons (Fsp3) is 0. The summed E-state index contributed by atoms with van der Waals surface area (Å²) in [6.07, 6.45) is 0. The summed E-state index contributed by atoms with van der Waals surface area (Å²) in [5.74, 6) is -1.74. The van der Waals surface area contributed by atoms with Crippen molar-refractivity contribution < 1.29 is 13.5 Å². The predicted octanol–water partition coefficient (Wildman–Crippen LogP) is 2.61. The zero-order valence-corrected chi connectivity index (χ0v) is 9.02. The summed E-state index contributed by atoms with van der Waals surface area (Å²) in [6.45, 7) is 0. The average Bonchev–Trinajstić information content (AvgIpc) is 2.35. The van der Waals surface area contributed by atoms with Gasteiger partial charge >= 0.3 is 0 Å². The number of benzene rings is 1. The summed E-state index contributed by atoms with van der Waals surface area (Å²) in [7, 11) is 0. The fourth-order valence-electron chi connectivity index (χ4n) is 1.27. The highest BCUT2D eigenvalue weighted by atomic mass is 19.1. The summed E-state index contributed by atoms with van der Waals surface area (Å²) in [6, 6.07) is 7.46. The van der Waals surface area contributed by atoms with Gasteiger partial charge in [0, 0.05) is 12.1 Å². The molecular formula is C12H7F2N3O. The molecule has 0 aliphatic carbocycles. The second-order valence-corrected chi connectivity index (χ2v) is 3.38. The number of nitriles is 1. The van der Waals surface area contributed by atoms with Crippen molar-refractivity contribution >= 4 is 5.69 Å². The molecule has 0 aliphatic heterocycles. The summed E-state index contributed by atoms with van der Waals surface area (Å²) in [5.41, 5.74) is 5.66. The molecular weight excluding hydrogens is 240 g/mol. The maximum absolute atomic E-state index is 13.3. The largest absolute Gasteiger partial charge is 0.436 e. The van der Waals surface area contributed by atoms with Gasteiger partial charge in [-0.3, -0.25) is 0 Å². The van der Waals surface area contributed by atoms with Gasteiger partial charge in [-0.15, -0.1) is 0 Å². The van der Waals surface area contributed by atoms with Crippen molar-refractivity contribution in [2.75, 3.05) is 5.73 Å². The molecule has 2 N–H and O–H groups in total. The van der Waals surface area contributed by atoms with Crippen LogP contribution in [-0.2, 0) is 0 Å². The number of rotatable bonds is 2. The normalized spacial score (nSPS) is 9.83. The molecule has 0 saturated carbocycles. The Morgan fingerprint density at radius 2 is 2.00 bits per heavy atom. The van der Waals surface area contributed by atoms with E-state index in [9.17, 15) is 8.78 Å². The molecule has 0 aliphatic rings. The first kappa shape index (κ1) is 11.8. The number of ether oxygens (including phenoxy) is 1. The minimum Gasteiger partial charge on any atom is -0.436 e. The first-order valence-electron chi connectivity index (χ1n) is 4.89. The summed E-state index contributed by atoms with van der Waals surface area (Å²) < 4.78 is 31.1. The van der Waals surface area contributed by atoms with Gasteiger partial charge in [-0.1, -0.05) is 0 Å². The lowest BCUT2D eigenvalue weighted by Crippen LogP contribution is -1.97. The molecule has 18 heavy (non-hydrogen) atoms. The van der Waals surface area contributed by atoms with Crippen LogP contribution in [0.2, 0.25) is 0 Å². The van der Waals surface area contributed by atoms with Crippen molar-refractivity contribution in [1.82, 2.24) is 4.98 Å². The third-order valence-electron chi connectivity index (χ3n) is 2.12. The predicted molar refractivity (Wildman–Crippen MR) is 59.8 cm³/mol. The number of halogens is 2. The van der Waals surface area contributed by atoms with E-state index in [0.29, 0.717) is 6.07 Å². The third kappa shape index (κ3) is 2.35. The second-order valence-electron chi connectivity index (χ2n) is 3.38. The monoisotopic (exact) mass is 247 g/mol. The lowest BCUT2D eigenvalue weighted by molar-refractivity contribution is 0.423. The number of hydrogen-bond donors (Lipinski definition) is 1.